The van der Waals surface area contributed by atoms with Gasteiger partial charge in [0.25, 0.3) is 0 Å². The van der Waals surface area contributed by atoms with Gasteiger partial charge in [0.05, 0.1) is 0 Å². The zero-order valence-electron chi connectivity index (χ0n) is 10.5. The minimum absolute atomic E-state index is 0.259. The van der Waals surface area contributed by atoms with Crippen LogP contribution in [0.5, 0.6) is 0 Å². The molecule has 1 N–H and O–H groups in total. The fourth-order valence-corrected chi connectivity index (χ4v) is 1.50. The molecule has 0 saturated heterocycles. The van der Waals surface area contributed by atoms with Crippen LogP contribution in [0.1, 0.15) is 61.3 Å². The van der Waals surface area contributed by atoms with E-state index in [0.717, 1.165) is 0 Å². The lowest BCUT2D eigenvalue weighted by Gasteiger charge is -2.41. The molecule has 0 radical (unpaired) electrons. The van der Waals surface area contributed by atoms with Crippen LogP contribution in [-0.4, -0.2) is 11.1 Å². The summed E-state index contributed by atoms with van der Waals surface area (Å²) in [7, 11) is 0. The van der Waals surface area contributed by atoms with Gasteiger partial charge < -0.3 is 5.32 Å². The Kier molecular flexibility index (Phi) is 4.44. The van der Waals surface area contributed by atoms with Crippen molar-refractivity contribution in [3.05, 3.63) is 0 Å². The molecule has 0 bridgehead atoms. The third kappa shape index (κ3) is 3.68. The normalized spacial score (nSPS) is 17.5. The highest BCUT2D eigenvalue weighted by Gasteiger charge is 2.31. The maximum absolute atomic E-state index is 3.77. The smallest absolute Gasteiger partial charge is 0.0178 e. The average Bonchev–Trinajstić information content (AvgIpc) is 2.03. The first-order valence-corrected chi connectivity index (χ1v) is 5.56. The van der Waals surface area contributed by atoms with Crippen LogP contribution in [0.2, 0.25) is 0 Å². The van der Waals surface area contributed by atoms with Gasteiger partial charge in [0.1, 0.15) is 0 Å². The summed E-state index contributed by atoms with van der Waals surface area (Å²) in [5, 5.41) is 3.77. The van der Waals surface area contributed by atoms with Crippen molar-refractivity contribution >= 4 is 0 Å². The molecule has 0 aromatic carbocycles. The molecule has 0 aliphatic carbocycles. The van der Waals surface area contributed by atoms with E-state index < -0.39 is 0 Å². The van der Waals surface area contributed by atoms with E-state index in [4.69, 9.17) is 0 Å². The van der Waals surface area contributed by atoms with Crippen molar-refractivity contribution in [1.82, 2.24) is 5.32 Å². The molecule has 0 amide bonds. The van der Waals surface area contributed by atoms with E-state index in [1.54, 1.807) is 0 Å². The van der Waals surface area contributed by atoms with E-state index in [0.29, 0.717) is 5.92 Å². The minimum Gasteiger partial charge on any atom is -0.306 e. The summed E-state index contributed by atoms with van der Waals surface area (Å²) < 4.78 is 0. The van der Waals surface area contributed by atoms with E-state index >= 15 is 0 Å². The number of hydrogen-bond acceptors (Lipinski definition) is 1. The molecule has 0 saturated carbocycles. The second kappa shape index (κ2) is 4.45. The lowest BCUT2D eigenvalue weighted by molar-refractivity contribution is 0.179. The Hall–Kier alpha value is -0.0400. The Morgan fingerprint density at radius 2 is 1.46 bits per heavy atom. The van der Waals surface area contributed by atoms with Crippen molar-refractivity contribution < 1.29 is 0 Å². The van der Waals surface area contributed by atoms with Crippen molar-refractivity contribution in [2.45, 2.75) is 72.4 Å². The van der Waals surface area contributed by atoms with Gasteiger partial charge in [-0.2, -0.15) is 0 Å². The molecular weight excluding hydrogens is 158 g/mol. The summed E-state index contributed by atoms with van der Waals surface area (Å²) in [4.78, 5) is 0. The first-order valence-electron chi connectivity index (χ1n) is 5.56. The van der Waals surface area contributed by atoms with Gasteiger partial charge in [0.15, 0.2) is 0 Å². The number of nitrogens with one attached hydrogen (secondary N) is 1. The topological polar surface area (TPSA) is 12.0 Å². The van der Waals surface area contributed by atoms with Crippen molar-refractivity contribution in [3.8, 4) is 0 Å². The van der Waals surface area contributed by atoms with Crippen LogP contribution >= 0.6 is 0 Å². The Morgan fingerprint density at radius 1 is 1.00 bits per heavy atom. The fraction of sp³-hybridized carbons (Fsp3) is 1.00. The fourth-order valence-electron chi connectivity index (χ4n) is 1.50. The van der Waals surface area contributed by atoms with Crippen molar-refractivity contribution in [1.29, 1.82) is 0 Å². The van der Waals surface area contributed by atoms with E-state index in [-0.39, 0.29) is 11.1 Å². The van der Waals surface area contributed by atoms with Gasteiger partial charge >= 0.3 is 0 Å². The maximum Gasteiger partial charge on any atom is 0.0178 e. The summed E-state index contributed by atoms with van der Waals surface area (Å²) in [6.07, 6.45) is 2.36. The molecule has 80 valence electrons. The molecule has 0 aromatic heterocycles. The largest absolute Gasteiger partial charge is 0.306 e. The van der Waals surface area contributed by atoms with Gasteiger partial charge in [-0.1, -0.05) is 27.7 Å². The highest BCUT2D eigenvalue weighted by Crippen LogP contribution is 2.24. The summed E-state index contributed by atoms with van der Waals surface area (Å²) >= 11 is 0. The standard InChI is InChI=1S/C12H27N/c1-8-11(5,6)13-12(7,9-2)10(3)4/h10,13H,8-9H2,1-7H3. The molecule has 0 aliphatic heterocycles. The zero-order valence-corrected chi connectivity index (χ0v) is 10.5. The van der Waals surface area contributed by atoms with Gasteiger partial charge in [0, 0.05) is 11.1 Å². The Bertz CT molecular complexity index is 149. The van der Waals surface area contributed by atoms with Crippen LogP contribution in [0.4, 0.5) is 0 Å². The van der Waals surface area contributed by atoms with Crippen LogP contribution in [-0.2, 0) is 0 Å². The molecule has 0 aliphatic rings. The van der Waals surface area contributed by atoms with E-state index in [1.165, 1.54) is 12.8 Å². The lowest BCUT2D eigenvalue weighted by atomic mass is 9.83. The Labute approximate surface area is 84.3 Å². The van der Waals surface area contributed by atoms with Crippen molar-refractivity contribution in [2.75, 3.05) is 0 Å². The summed E-state index contributed by atoms with van der Waals surface area (Å²) in [6, 6.07) is 0. The molecule has 0 fully saturated rings. The predicted molar refractivity (Wildman–Crippen MR) is 61.0 cm³/mol. The van der Waals surface area contributed by atoms with Crippen LogP contribution in [0.15, 0.2) is 0 Å². The third-order valence-electron chi connectivity index (χ3n) is 3.52. The van der Waals surface area contributed by atoms with Crippen molar-refractivity contribution in [2.24, 2.45) is 5.92 Å². The third-order valence-corrected chi connectivity index (χ3v) is 3.52. The highest BCUT2D eigenvalue weighted by molar-refractivity contribution is 4.91. The van der Waals surface area contributed by atoms with Gasteiger partial charge in [-0.05, 0) is 39.5 Å². The van der Waals surface area contributed by atoms with Crippen LogP contribution in [0.3, 0.4) is 0 Å². The molecule has 13 heavy (non-hydrogen) atoms. The highest BCUT2D eigenvalue weighted by atomic mass is 15.0. The van der Waals surface area contributed by atoms with Gasteiger partial charge in [-0.15, -0.1) is 0 Å². The Morgan fingerprint density at radius 3 is 1.69 bits per heavy atom. The molecule has 1 atom stereocenters. The SMILES string of the molecule is CCC(C)(C)NC(C)(CC)C(C)C. The zero-order chi connectivity index (χ0) is 10.7. The molecule has 0 rings (SSSR count). The van der Waals surface area contributed by atoms with Crippen LogP contribution < -0.4 is 5.32 Å². The average molecular weight is 185 g/mol. The summed E-state index contributed by atoms with van der Waals surface area (Å²) in [5.41, 5.74) is 0.536. The molecular formula is C12H27N. The van der Waals surface area contributed by atoms with Crippen molar-refractivity contribution in [3.63, 3.8) is 0 Å². The lowest BCUT2D eigenvalue weighted by Crippen LogP contribution is -2.55. The van der Waals surface area contributed by atoms with Gasteiger partial charge in [-0.25, -0.2) is 0 Å². The first-order chi connectivity index (χ1) is 5.77. The first kappa shape index (κ1) is 13.0. The molecule has 1 unspecified atom stereocenters. The van der Waals surface area contributed by atoms with Gasteiger partial charge in [0.2, 0.25) is 0 Å². The monoisotopic (exact) mass is 185 g/mol. The number of rotatable bonds is 5. The van der Waals surface area contributed by atoms with E-state index in [9.17, 15) is 0 Å². The summed E-state index contributed by atoms with van der Waals surface area (Å²) in [5.74, 6) is 0.684. The molecule has 1 nitrogen and oxygen atoms in total. The molecule has 0 aromatic rings. The van der Waals surface area contributed by atoms with Crippen LogP contribution in [0, 0.1) is 5.92 Å². The maximum atomic E-state index is 3.77. The molecule has 1 heteroatoms. The summed E-state index contributed by atoms with van der Waals surface area (Å²) in [6.45, 7) is 16.0. The second-order valence-corrected chi connectivity index (χ2v) is 5.29. The number of hydrogen-bond donors (Lipinski definition) is 1. The Balaban J connectivity index is 4.44. The molecule has 0 heterocycles. The van der Waals surface area contributed by atoms with E-state index in [1.807, 2.05) is 0 Å². The molecule has 0 spiro atoms. The second-order valence-electron chi connectivity index (χ2n) is 5.29. The predicted octanol–water partition coefficient (Wildman–Crippen LogP) is 3.59. The van der Waals surface area contributed by atoms with E-state index in [2.05, 4.69) is 53.8 Å². The quantitative estimate of drug-likeness (QED) is 0.690. The van der Waals surface area contributed by atoms with Crippen LogP contribution in [0.25, 0.3) is 0 Å². The minimum atomic E-state index is 0.259. The van der Waals surface area contributed by atoms with Gasteiger partial charge in [-0.3, -0.25) is 0 Å².